The Morgan fingerprint density at radius 1 is 1.24 bits per heavy atom. The maximum absolute atomic E-state index is 11.1. The Hall–Kier alpha value is -0.130. The van der Waals surface area contributed by atoms with Crippen molar-refractivity contribution >= 4 is 9.84 Å². The van der Waals surface area contributed by atoms with E-state index in [1.165, 1.54) is 44.8 Å². The van der Waals surface area contributed by atoms with Gasteiger partial charge in [-0.3, -0.25) is 11.3 Å². The van der Waals surface area contributed by atoms with Gasteiger partial charge in [-0.25, -0.2) is 8.42 Å². The SMILES string of the molecule is CS(=O)(=O)CCC(CCC1CCCCC1)NN. The number of rotatable bonds is 7. The summed E-state index contributed by atoms with van der Waals surface area (Å²) in [5.74, 6) is 6.53. The van der Waals surface area contributed by atoms with Crippen LogP contribution in [0.4, 0.5) is 0 Å². The summed E-state index contributed by atoms with van der Waals surface area (Å²) in [6.07, 6.45) is 10.8. The van der Waals surface area contributed by atoms with E-state index in [4.69, 9.17) is 5.84 Å². The summed E-state index contributed by atoms with van der Waals surface area (Å²) in [5.41, 5.74) is 2.75. The fraction of sp³-hybridized carbons (Fsp3) is 1.00. The maximum atomic E-state index is 11.1. The Morgan fingerprint density at radius 2 is 1.88 bits per heavy atom. The summed E-state index contributed by atoms with van der Waals surface area (Å²) < 4.78 is 22.2. The third-order valence-corrected chi connectivity index (χ3v) is 4.70. The van der Waals surface area contributed by atoms with Crippen molar-refractivity contribution in [1.82, 2.24) is 5.43 Å². The smallest absolute Gasteiger partial charge is 0.147 e. The predicted octanol–water partition coefficient (Wildman–Crippen LogP) is 1.61. The van der Waals surface area contributed by atoms with E-state index in [1.54, 1.807) is 0 Å². The fourth-order valence-electron chi connectivity index (χ4n) is 2.58. The Morgan fingerprint density at radius 3 is 2.41 bits per heavy atom. The highest BCUT2D eigenvalue weighted by Crippen LogP contribution is 2.27. The van der Waals surface area contributed by atoms with Gasteiger partial charge in [0.15, 0.2) is 0 Å². The largest absolute Gasteiger partial charge is 0.271 e. The van der Waals surface area contributed by atoms with E-state index in [0.29, 0.717) is 6.42 Å². The molecule has 0 spiro atoms. The molecule has 0 aliphatic heterocycles. The van der Waals surface area contributed by atoms with Crippen molar-refractivity contribution in [3.8, 4) is 0 Å². The van der Waals surface area contributed by atoms with E-state index in [-0.39, 0.29) is 11.8 Å². The highest BCUT2D eigenvalue weighted by atomic mass is 32.2. The lowest BCUT2D eigenvalue weighted by Gasteiger charge is -2.23. The summed E-state index contributed by atoms with van der Waals surface area (Å²) in [5, 5.41) is 0. The second-order valence-corrected chi connectivity index (χ2v) is 7.62. The van der Waals surface area contributed by atoms with E-state index in [2.05, 4.69) is 5.43 Å². The van der Waals surface area contributed by atoms with E-state index in [1.807, 2.05) is 0 Å². The van der Waals surface area contributed by atoms with Gasteiger partial charge in [-0.2, -0.15) is 0 Å². The van der Waals surface area contributed by atoms with Gasteiger partial charge in [0.25, 0.3) is 0 Å². The zero-order valence-electron chi connectivity index (χ0n) is 10.8. The van der Waals surface area contributed by atoms with Gasteiger partial charge in [-0.05, 0) is 25.2 Å². The lowest BCUT2D eigenvalue weighted by atomic mass is 9.85. The molecule has 1 aliphatic rings. The molecule has 17 heavy (non-hydrogen) atoms. The number of hydrazine groups is 1. The second kappa shape index (κ2) is 7.34. The molecule has 1 saturated carbocycles. The van der Waals surface area contributed by atoms with Gasteiger partial charge in [0.1, 0.15) is 9.84 Å². The molecule has 3 N–H and O–H groups in total. The number of nitrogens with one attached hydrogen (secondary N) is 1. The van der Waals surface area contributed by atoms with Crippen LogP contribution in [0.1, 0.15) is 51.4 Å². The van der Waals surface area contributed by atoms with Crippen molar-refractivity contribution in [3.63, 3.8) is 0 Å². The second-order valence-electron chi connectivity index (χ2n) is 5.36. The number of hydrogen-bond acceptors (Lipinski definition) is 4. The van der Waals surface area contributed by atoms with E-state index in [9.17, 15) is 8.42 Å². The molecule has 102 valence electrons. The number of nitrogens with two attached hydrogens (primary N) is 1. The predicted molar refractivity (Wildman–Crippen MR) is 71.2 cm³/mol. The zero-order valence-corrected chi connectivity index (χ0v) is 11.6. The van der Waals surface area contributed by atoms with Crippen LogP contribution in [0.2, 0.25) is 0 Å². The molecule has 0 radical (unpaired) electrons. The van der Waals surface area contributed by atoms with Crippen molar-refractivity contribution in [2.75, 3.05) is 12.0 Å². The van der Waals surface area contributed by atoms with Crippen LogP contribution < -0.4 is 11.3 Å². The molecule has 0 bridgehead atoms. The topological polar surface area (TPSA) is 72.2 Å². The van der Waals surface area contributed by atoms with Gasteiger partial charge in [-0.15, -0.1) is 0 Å². The molecular weight excluding hydrogens is 236 g/mol. The highest BCUT2D eigenvalue weighted by Gasteiger charge is 2.16. The molecular formula is C12H26N2O2S. The average molecular weight is 262 g/mol. The summed E-state index contributed by atoms with van der Waals surface area (Å²) >= 11 is 0. The Labute approximate surface area is 105 Å². The number of sulfone groups is 1. The van der Waals surface area contributed by atoms with E-state index >= 15 is 0 Å². The molecule has 1 fully saturated rings. The van der Waals surface area contributed by atoms with Crippen molar-refractivity contribution in [2.45, 2.75) is 57.4 Å². The van der Waals surface area contributed by atoms with Crippen LogP contribution >= 0.6 is 0 Å². The van der Waals surface area contributed by atoms with Crippen LogP contribution in [0.15, 0.2) is 0 Å². The summed E-state index contributed by atoms with van der Waals surface area (Å²) in [6.45, 7) is 0. The molecule has 0 aromatic heterocycles. The van der Waals surface area contributed by atoms with E-state index in [0.717, 1.165) is 12.3 Å². The van der Waals surface area contributed by atoms with Crippen LogP contribution in [0.25, 0.3) is 0 Å². The molecule has 5 heteroatoms. The summed E-state index contributed by atoms with van der Waals surface area (Å²) in [4.78, 5) is 0. The minimum atomic E-state index is -2.87. The third kappa shape index (κ3) is 7.01. The normalized spacial score (nSPS) is 20.4. The van der Waals surface area contributed by atoms with Crippen LogP contribution in [-0.4, -0.2) is 26.5 Å². The first-order valence-electron chi connectivity index (χ1n) is 6.65. The lowest BCUT2D eigenvalue weighted by molar-refractivity contribution is 0.312. The first-order chi connectivity index (χ1) is 8.01. The van der Waals surface area contributed by atoms with Gasteiger partial charge < -0.3 is 0 Å². The monoisotopic (exact) mass is 262 g/mol. The van der Waals surface area contributed by atoms with Gasteiger partial charge in [0.2, 0.25) is 0 Å². The Balaban J connectivity index is 2.21. The van der Waals surface area contributed by atoms with E-state index < -0.39 is 9.84 Å². The lowest BCUT2D eigenvalue weighted by Crippen LogP contribution is -2.36. The minimum Gasteiger partial charge on any atom is -0.271 e. The van der Waals surface area contributed by atoms with Gasteiger partial charge in [0.05, 0.1) is 5.75 Å². The molecule has 0 aromatic carbocycles. The average Bonchev–Trinajstić information content (AvgIpc) is 2.29. The third-order valence-electron chi connectivity index (χ3n) is 3.72. The van der Waals surface area contributed by atoms with Crippen molar-refractivity contribution in [2.24, 2.45) is 11.8 Å². The zero-order chi connectivity index (χ0) is 12.7. The molecule has 0 aromatic rings. The maximum Gasteiger partial charge on any atom is 0.147 e. The van der Waals surface area contributed by atoms with Crippen LogP contribution in [0.3, 0.4) is 0 Å². The molecule has 1 atom stereocenters. The molecule has 1 rings (SSSR count). The Kier molecular flexibility index (Phi) is 6.44. The number of hydrogen-bond donors (Lipinski definition) is 2. The molecule has 0 saturated heterocycles. The Bertz CT molecular complexity index is 298. The summed E-state index contributed by atoms with van der Waals surface area (Å²) in [7, 11) is -2.87. The molecule has 1 aliphatic carbocycles. The summed E-state index contributed by atoms with van der Waals surface area (Å²) in [6, 6.07) is 0.145. The minimum absolute atomic E-state index is 0.145. The standard InChI is InChI=1S/C12H26N2O2S/c1-17(15,16)10-9-12(14-13)8-7-11-5-3-2-4-6-11/h11-12,14H,2-10,13H2,1H3. The van der Waals surface area contributed by atoms with Gasteiger partial charge in [0, 0.05) is 12.3 Å². The van der Waals surface area contributed by atoms with Gasteiger partial charge >= 0.3 is 0 Å². The fourth-order valence-corrected chi connectivity index (χ4v) is 3.29. The molecule has 1 unspecified atom stereocenters. The van der Waals surface area contributed by atoms with Crippen LogP contribution in [0, 0.1) is 5.92 Å². The quantitative estimate of drug-likeness (QED) is 0.540. The first-order valence-corrected chi connectivity index (χ1v) is 8.71. The molecule has 0 amide bonds. The van der Waals surface area contributed by atoms with Crippen molar-refractivity contribution in [1.29, 1.82) is 0 Å². The van der Waals surface area contributed by atoms with Crippen molar-refractivity contribution in [3.05, 3.63) is 0 Å². The molecule has 0 heterocycles. The van der Waals surface area contributed by atoms with Crippen molar-refractivity contribution < 1.29 is 8.42 Å². The van der Waals surface area contributed by atoms with Crippen LogP contribution in [0.5, 0.6) is 0 Å². The van der Waals surface area contributed by atoms with Crippen LogP contribution in [-0.2, 0) is 9.84 Å². The van der Waals surface area contributed by atoms with Gasteiger partial charge in [-0.1, -0.05) is 32.1 Å². The first kappa shape index (κ1) is 14.9. The highest BCUT2D eigenvalue weighted by molar-refractivity contribution is 7.90. The molecule has 4 nitrogen and oxygen atoms in total.